The van der Waals surface area contributed by atoms with E-state index in [1.165, 1.54) is 24.0 Å². The van der Waals surface area contributed by atoms with Crippen molar-refractivity contribution in [3.63, 3.8) is 0 Å². The number of carbonyl (C=O) groups is 1. The summed E-state index contributed by atoms with van der Waals surface area (Å²) in [5.41, 5.74) is 3.51. The van der Waals surface area contributed by atoms with E-state index in [0.29, 0.717) is 5.78 Å². The maximum absolute atomic E-state index is 11.9. The van der Waals surface area contributed by atoms with Crippen molar-refractivity contribution in [1.29, 1.82) is 0 Å². The molecular formula is C14H17BrO. The van der Waals surface area contributed by atoms with Crippen LogP contribution in [0, 0.1) is 5.92 Å². The molecule has 2 heteroatoms. The third kappa shape index (κ3) is 2.08. The number of unbranched alkanes of at least 4 members (excludes halogenated alkanes) is 1. The van der Waals surface area contributed by atoms with Crippen LogP contribution in [0.25, 0.3) is 0 Å². The topological polar surface area (TPSA) is 17.1 Å². The zero-order chi connectivity index (χ0) is 11.7. The Balaban J connectivity index is 2.34. The smallest absolute Gasteiger partial charge is 0.167 e. The Labute approximate surface area is 105 Å². The predicted octanol–water partition coefficient (Wildman–Crippen LogP) is 4.17. The van der Waals surface area contributed by atoms with Crippen molar-refractivity contribution in [2.45, 2.75) is 39.5 Å². The van der Waals surface area contributed by atoms with Crippen molar-refractivity contribution < 1.29 is 4.79 Å². The standard InChI is InChI=1S/C14H17BrO/c1-3-4-5-10-7-11-6-9(2)14(16)13(11)12(15)8-10/h7-9H,3-6H2,1-2H3. The molecule has 0 amide bonds. The molecule has 1 aromatic rings. The van der Waals surface area contributed by atoms with Crippen molar-refractivity contribution in [3.8, 4) is 0 Å². The van der Waals surface area contributed by atoms with Gasteiger partial charge in [-0.05, 0) is 36.5 Å². The van der Waals surface area contributed by atoms with Crippen molar-refractivity contribution in [2.75, 3.05) is 0 Å². The van der Waals surface area contributed by atoms with Gasteiger partial charge >= 0.3 is 0 Å². The number of halogens is 1. The maximum Gasteiger partial charge on any atom is 0.167 e. The largest absolute Gasteiger partial charge is 0.294 e. The van der Waals surface area contributed by atoms with E-state index in [1.807, 2.05) is 6.92 Å². The third-order valence-electron chi connectivity index (χ3n) is 3.27. The predicted molar refractivity (Wildman–Crippen MR) is 70.0 cm³/mol. The number of fused-ring (bicyclic) bond motifs is 1. The maximum atomic E-state index is 11.9. The molecule has 0 bridgehead atoms. The molecule has 1 atom stereocenters. The third-order valence-corrected chi connectivity index (χ3v) is 3.90. The summed E-state index contributed by atoms with van der Waals surface area (Å²) in [6.45, 7) is 4.22. The van der Waals surface area contributed by atoms with Gasteiger partial charge in [0.05, 0.1) is 0 Å². The van der Waals surface area contributed by atoms with Gasteiger partial charge in [-0.2, -0.15) is 0 Å². The van der Waals surface area contributed by atoms with E-state index in [1.54, 1.807) is 0 Å². The number of ketones is 1. The van der Waals surface area contributed by atoms with Crippen LogP contribution in [0.15, 0.2) is 16.6 Å². The highest BCUT2D eigenvalue weighted by molar-refractivity contribution is 9.10. The van der Waals surface area contributed by atoms with Crippen molar-refractivity contribution >= 4 is 21.7 Å². The normalized spacial score (nSPS) is 18.9. The summed E-state index contributed by atoms with van der Waals surface area (Å²) in [4.78, 5) is 11.9. The van der Waals surface area contributed by atoms with Crippen molar-refractivity contribution in [2.24, 2.45) is 5.92 Å². The van der Waals surface area contributed by atoms with E-state index in [0.717, 1.165) is 22.9 Å². The molecule has 0 radical (unpaired) electrons. The molecule has 1 unspecified atom stereocenters. The summed E-state index contributed by atoms with van der Waals surface area (Å²) in [5.74, 6) is 0.455. The summed E-state index contributed by atoms with van der Waals surface area (Å²) in [6, 6.07) is 4.33. The molecule has 0 heterocycles. The molecule has 1 nitrogen and oxygen atoms in total. The van der Waals surface area contributed by atoms with Crippen LogP contribution in [0.1, 0.15) is 48.2 Å². The minimum atomic E-state index is 0.160. The first-order valence-electron chi connectivity index (χ1n) is 5.99. The molecule has 0 N–H and O–H groups in total. The second kappa shape index (κ2) is 4.70. The molecular weight excluding hydrogens is 264 g/mol. The van der Waals surface area contributed by atoms with Crippen LogP contribution in [0.2, 0.25) is 0 Å². The van der Waals surface area contributed by atoms with Crippen LogP contribution in [0.5, 0.6) is 0 Å². The van der Waals surface area contributed by atoms with Crippen molar-refractivity contribution in [3.05, 3.63) is 33.3 Å². The fourth-order valence-electron chi connectivity index (χ4n) is 2.36. The van der Waals surface area contributed by atoms with Gasteiger partial charge in [-0.25, -0.2) is 0 Å². The summed E-state index contributed by atoms with van der Waals surface area (Å²) in [7, 11) is 0. The van der Waals surface area contributed by atoms with E-state index < -0.39 is 0 Å². The number of carbonyl (C=O) groups excluding carboxylic acids is 1. The van der Waals surface area contributed by atoms with Gasteiger partial charge in [0, 0.05) is 16.0 Å². The summed E-state index contributed by atoms with van der Waals surface area (Å²) < 4.78 is 0.991. The van der Waals surface area contributed by atoms with Crippen LogP contribution < -0.4 is 0 Å². The number of Topliss-reactive ketones (excluding diaryl/α,β-unsaturated/α-hetero) is 1. The lowest BCUT2D eigenvalue weighted by Gasteiger charge is -2.06. The van der Waals surface area contributed by atoms with Gasteiger partial charge in [0.25, 0.3) is 0 Å². The highest BCUT2D eigenvalue weighted by Gasteiger charge is 2.29. The van der Waals surface area contributed by atoms with E-state index in [-0.39, 0.29) is 5.92 Å². The lowest BCUT2D eigenvalue weighted by molar-refractivity contribution is 0.0945. The monoisotopic (exact) mass is 280 g/mol. The second-order valence-corrected chi connectivity index (χ2v) is 5.54. The molecule has 0 aliphatic heterocycles. The molecule has 0 saturated heterocycles. The molecule has 16 heavy (non-hydrogen) atoms. The Bertz CT molecular complexity index is 423. The van der Waals surface area contributed by atoms with E-state index in [2.05, 4.69) is 35.0 Å². The number of hydrogen-bond acceptors (Lipinski definition) is 1. The average Bonchev–Trinajstić information content (AvgIpc) is 2.52. The van der Waals surface area contributed by atoms with Crippen LogP contribution >= 0.6 is 15.9 Å². The zero-order valence-electron chi connectivity index (χ0n) is 9.85. The minimum absolute atomic E-state index is 0.160. The first kappa shape index (κ1) is 11.8. The zero-order valence-corrected chi connectivity index (χ0v) is 11.4. The van der Waals surface area contributed by atoms with Gasteiger partial charge in [-0.3, -0.25) is 4.79 Å². The van der Waals surface area contributed by atoms with Gasteiger partial charge in [-0.15, -0.1) is 0 Å². The molecule has 0 fully saturated rings. The van der Waals surface area contributed by atoms with Crippen LogP contribution in [0.3, 0.4) is 0 Å². The SMILES string of the molecule is CCCCc1cc(Br)c2c(c1)CC(C)C2=O. The highest BCUT2D eigenvalue weighted by atomic mass is 79.9. The number of rotatable bonds is 3. The first-order valence-corrected chi connectivity index (χ1v) is 6.78. The summed E-state index contributed by atoms with van der Waals surface area (Å²) >= 11 is 3.54. The van der Waals surface area contributed by atoms with Gasteiger partial charge in [0.2, 0.25) is 0 Å². The van der Waals surface area contributed by atoms with Gasteiger partial charge in [0.15, 0.2) is 5.78 Å². The Morgan fingerprint density at radius 2 is 2.19 bits per heavy atom. The quantitative estimate of drug-likeness (QED) is 0.812. The van der Waals surface area contributed by atoms with Crippen LogP contribution in [-0.2, 0) is 12.8 Å². The molecule has 1 aliphatic rings. The fourth-order valence-corrected chi connectivity index (χ4v) is 3.10. The van der Waals surface area contributed by atoms with Crippen molar-refractivity contribution in [1.82, 2.24) is 0 Å². The van der Waals surface area contributed by atoms with Gasteiger partial charge in [0.1, 0.15) is 0 Å². The van der Waals surface area contributed by atoms with Gasteiger partial charge in [-0.1, -0.05) is 42.3 Å². The number of aryl methyl sites for hydroxylation is 1. The van der Waals surface area contributed by atoms with Crippen LogP contribution in [0.4, 0.5) is 0 Å². The highest BCUT2D eigenvalue weighted by Crippen LogP contribution is 2.33. The summed E-state index contributed by atoms with van der Waals surface area (Å²) in [6.07, 6.45) is 4.45. The molecule has 0 aromatic heterocycles. The van der Waals surface area contributed by atoms with Gasteiger partial charge < -0.3 is 0 Å². The summed E-state index contributed by atoms with van der Waals surface area (Å²) in [5, 5.41) is 0. The Hall–Kier alpha value is -0.630. The molecule has 1 aliphatic carbocycles. The second-order valence-electron chi connectivity index (χ2n) is 4.68. The lowest BCUT2D eigenvalue weighted by atomic mass is 10.0. The molecule has 0 spiro atoms. The van der Waals surface area contributed by atoms with E-state index in [4.69, 9.17) is 0 Å². The first-order chi connectivity index (χ1) is 7.63. The van der Waals surface area contributed by atoms with E-state index in [9.17, 15) is 4.79 Å². The number of hydrogen-bond donors (Lipinski definition) is 0. The Kier molecular flexibility index (Phi) is 3.48. The molecule has 1 aromatic carbocycles. The van der Waals surface area contributed by atoms with Crippen LogP contribution in [-0.4, -0.2) is 5.78 Å². The average molecular weight is 281 g/mol. The minimum Gasteiger partial charge on any atom is -0.294 e. The molecule has 0 saturated carbocycles. The Morgan fingerprint density at radius 1 is 1.44 bits per heavy atom. The molecule has 2 rings (SSSR count). The van der Waals surface area contributed by atoms with E-state index >= 15 is 0 Å². The Morgan fingerprint density at radius 3 is 2.88 bits per heavy atom. The number of benzene rings is 1. The fraction of sp³-hybridized carbons (Fsp3) is 0.500. The lowest BCUT2D eigenvalue weighted by Crippen LogP contribution is -2.03. The molecule has 86 valence electrons.